The number of aliphatic hydroxyl groups excluding tert-OH is 1. The Labute approximate surface area is 207 Å². The zero-order chi connectivity index (χ0) is 25.9. The van der Waals surface area contributed by atoms with Crippen LogP contribution in [0.15, 0.2) is 72.8 Å². The van der Waals surface area contributed by atoms with Gasteiger partial charge in [0.2, 0.25) is 5.75 Å². The number of ether oxygens (including phenoxy) is 3. The topological polar surface area (TPSA) is 146 Å². The van der Waals surface area contributed by atoms with Gasteiger partial charge in [0.1, 0.15) is 18.8 Å². The van der Waals surface area contributed by atoms with Crippen LogP contribution < -0.4 is 19.5 Å². The molecule has 0 fully saturated rings. The SMILES string of the molecule is COc1ccccc1OC(CNCC(O)COc1cccc([N+](=O)[O-])c1[N+](=O)[O-])Cc1ccccc1. The van der Waals surface area contributed by atoms with Crippen molar-refractivity contribution in [1.82, 2.24) is 5.32 Å². The van der Waals surface area contributed by atoms with Gasteiger partial charge in [-0.1, -0.05) is 48.5 Å². The number of nitrogens with one attached hydrogen (secondary N) is 1. The van der Waals surface area contributed by atoms with Gasteiger partial charge in [0.05, 0.1) is 17.0 Å². The number of rotatable bonds is 14. The van der Waals surface area contributed by atoms with Crippen molar-refractivity contribution in [3.05, 3.63) is 98.6 Å². The van der Waals surface area contributed by atoms with Gasteiger partial charge in [-0.25, -0.2) is 0 Å². The molecule has 0 radical (unpaired) electrons. The van der Waals surface area contributed by atoms with Gasteiger partial charge < -0.3 is 24.6 Å². The van der Waals surface area contributed by atoms with E-state index in [0.717, 1.165) is 11.6 Å². The summed E-state index contributed by atoms with van der Waals surface area (Å²) in [6, 6.07) is 20.7. The number of para-hydroxylation sites is 3. The van der Waals surface area contributed by atoms with Crippen LogP contribution in [0.4, 0.5) is 11.4 Å². The maximum Gasteiger partial charge on any atom is 0.387 e. The maximum absolute atomic E-state index is 11.3. The Bertz CT molecular complexity index is 1160. The molecule has 11 nitrogen and oxygen atoms in total. The van der Waals surface area contributed by atoms with Gasteiger partial charge in [0, 0.05) is 25.6 Å². The first-order valence-electron chi connectivity index (χ1n) is 11.2. The number of nitrogens with zero attached hydrogens (tertiary/aromatic N) is 2. The summed E-state index contributed by atoms with van der Waals surface area (Å²) < 4.78 is 16.9. The Balaban J connectivity index is 1.59. The van der Waals surface area contributed by atoms with E-state index in [9.17, 15) is 25.3 Å². The van der Waals surface area contributed by atoms with E-state index in [4.69, 9.17) is 14.2 Å². The van der Waals surface area contributed by atoms with Gasteiger partial charge in [-0.15, -0.1) is 0 Å². The highest BCUT2D eigenvalue weighted by atomic mass is 16.6. The molecule has 0 saturated heterocycles. The Morgan fingerprint density at radius 2 is 1.53 bits per heavy atom. The second-order valence-corrected chi connectivity index (χ2v) is 7.84. The molecule has 0 saturated carbocycles. The zero-order valence-corrected chi connectivity index (χ0v) is 19.6. The third kappa shape index (κ3) is 7.39. The largest absolute Gasteiger partial charge is 0.493 e. The van der Waals surface area contributed by atoms with Crippen molar-refractivity contribution >= 4 is 11.4 Å². The third-order valence-corrected chi connectivity index (χ3v) is 5.21. The van der Waals surface area contributed by atoms with Gasteiger partial charge in [-0.3, -0.25) is 20.2 Å². The third-order valence-electron chi connectivity index (χ3n) is 5.21. The van der Waals surface area contributed by atoms with Crippen molar-refractivity contribution in [3.8, 4) is 17.2 Å². The Kier molecular flexibility index (Phi) is 9.55. The van der Waals surface area contributed by atoms with E-state index < -0.39 is 27.3 Å². The average Bonchev–Trinajstić information content (AvgIpc) is 2.88. The molecule has 3 aromatic carbocycles. The van der Waals surface area contributed by atoms with Crippen LogP contribution in [0.1, 0.15) is 5.56 Å². The second kappa shape index (κ2) is 13.0. The number of benzene rings is 3. The fourth-order valence-electron chi connectivity index (χ4n) is 3.54. The second-order valence-electron chi connectivity index (χ2n) is 7.84. The highest BCUT2D eigenvalue weighted by Crippen LogP contribution is 2.36. The molecule has 0 amide bonds. The molecule has 3 aromatic rings. The number of hydrogen-bond acceptors (Lipinski definition) is 9. The molecule has 0 aliphatic rings. The van der Waals surface area contributed by atoms with Gasteiger partial charge >= 0.3 is 11.4 Å². The summed E-state index contributed by atoms with van der Waals surface area (Å²) >= 11 is 0. The fourth-order valence-corrected chi connectivity index (χ4v) is 3.54. The molecule has 0 aromatic heterocycles. The summed E-state index contributed by atoms with van der Waals surface area (Å²) in [6.45, 7) is 0.177. The highest BCUT2D eigenvalue weighted by molar-refractivity contribution is 5.61. The predicted molar refractivity (Wildman–Crippen MR) is 132 cm³/mol. The smallest absolute Gasteiger partial charge is 0.387 e. The number of hydrogen-bond donors (Lipinski definition) is 2. The molecule has 0 spiro atoms. The molecule has 3 rings (SSSR count). The molecule has 0 aliphatic carbocycles. The summed E-state index contributed by atoms with van der Waals surface area (Å²) in [5.74, 6) is 0.904. The summed E-state index contributed by atoms with van der Waals surface area (Å²) in [5, 5.41) is 35.9. The average molecular weight is 498 g/mol. The van der Waals surface area contributed by atoms with Gasteiger partial charge in [0.15, 0.2) is 11.5 Å². The predicted octanol–water partition coefficient (Wildman–Crippen LogP) is 3.53. The number of methoxy groups -OCH3 is 1. The van der Waals surface area contributed by atoms with Crippen LogP contribution >= 0.6 is 0 Å². The minimum Gasteiger partial charge on any atom is -0.493 e. The highest BCUT2D eigenvalue weighted by Gasteiger charge is 2.29. The van der Waals surface area contributed by atoms with Crippen LogP contribution in [0, 0.1) is 20.2 Å². The minimum absolute atomic E-state index is 0.100. The van der Waals surface area contributed by atoms with Crippen LogP contribution in [0.5, 0.6) is 17.2 Å². The molecule has 0 heterocycles. The molecular formula is C25H27N3O8. The standard InChI is InChI=1S/C25H27N3O8/c1-34-22-11-5-6-12-23(22)36-20(14-18-8-3-2-4-9-18)16-26-15-19(29)17-35-24-13-7-10-21(27(30)31)25(24)28(32)33/h2-13,19-20,26,29H,14-17H2,1H3. The molecule has 2 atom stereocenters. The maximum atomic E-state index is 11.3. The molecule has 2 N–H and O–H groups in total. The first-order valence-corrected chi connectivity index (χ1v) is 11.2. The quantitative estimate of drug-likeness (QED) is 0.252. The Morgan fingerprint density at radius 1 is 0.861 bits per heavy atom. The van der Waals surface area contributed by atoms with Gasteiger partial charge in [0.25, 0.3) is 0 Å². The molecule has 11 heteroatoms. The van der Waals surface area contributed by atoms with Crippen molar-refractivity contribution in [2.75, 3.05) is 26.8 Å². The monoisotopic (exact) mass is 497 g/mol. The first kappa shape index (κ1) is 26.4. The van der Waals surface area contributed by atoms with E-state index in [1.807, 2.05) is 48.5 Å². The molecule has 36 heavy (non-hydrogen) atoms. The van der Waals surface area contributed by atoms with Crippen molar-refractivity contribution in [1.29, 1.82) is 0 Å². The Hall–Kier alpha value is -4.22. The van der Waals surface area contributed by atoms with Gasteiger partial charge in [-0.2, -0.15) is 0 Å². The van der Waals surface area contributed by atoms with E-state index in [1.54, 1.807) is 13.2 Å². The van der Waals surface area contributed by atoms with E-state index in [1.165, 1.54) is 12.1 Å². The number of aliphatic hydroxyl groups is 1. The van der Waals surface area contributed by atoms with Crippen molar-refractivity contribution in [2.24, 2.45) is 0 Å². The first-order chi connectivity index (χ1) is 17.4. The fraction of sp³-hybridized carbons (Fsp3) is 0.280. The van der Waals surface area contributed by atoms with E-state index in [-0.39, 0.29) is 25.0 Å². The van der Waals surface area contributed by atoms with Crippen LogP contribution in [0.25, 0.3) is 0 Å². The van der Waals surface area contributed by atoms with Crippen molar-refractivity contribution in [2.45, 2.75) is 18.6 Å². The summed E-state index contributed by atoms with van der Waals surface area (Å²) in [5.41, 5.74) is -0.362. The molecule has 0 bridgehead atoms. The normalized spacial score (nSPS) is 12.4. The molecule has 0 aliphatic heterocycles. The minimum atomic E-state index is -1.03. The van der Waals surface area contributed by atoms with Crippen LogP contribution in [-0.2, 0) is 6.42 Å². The lowest BCUT2D eigenvalue weighted by Crippen LogP contribution is -2.39. The Morgan fingerprint density at radius 3 is 2.19 bits per heavy atom. The van der Waals surface area contributed by atoms with E-state index in [0.29, 0.717) is 24.5 Å². The van der Waals surface area contributed by atoms with Crippen LogP contribution in [0.2, 0.25) is 0 Å². The number of nitro benzene ring substituents is 2. The lowest BCUT2D eigenvalue weighted by Gasteiger charge is -2.22. The molecule has 190 valence electrons. The number of nitro groups is 2. The van der Waals surface area contributed by atoms with E-state index >= 15 is 0 Å². The molecule has 2 unspecified atom stereocenters. The lowest BCUT2D eigenvalue weighted by molar-refractivity contribution is -0.423. The van der Waals surface area contributed by atoms with Gasteiger partial charge in [-0.05, 0) is 23.8 Å². The molecular weight excluding hydrogens is 470 g/mol. The van der Waals surface area contributed by atoms with Crippen molar-refractivity contribution in [3.63, 3.8) is 0 Å². The van der Waals surface area contributed by atoms with Crippen LogP contribution in [-0.4, -0.2) is 54.0 Å². The van der Waals surface area contributed by atoms with Crippen molar-refractivity contribution < 1.29 is 29.2 Å². The van der Waals surface area contributed by atoms with Crippen LogP contribution in [0.3, 0.4) is 0 Å². The summed E-state index contributed by atoms with van der Waals surface area (Å²) in [4.78, 5) is 20.7. The lowest BCUT2D eigenvalue weighted by atomic mass is 10.1. The summed E-state index contributed by atoms with van der Waals surface area (Å²) in [6.07, 6.45) is -0.736. The van der Waals surface area contributed by atoms with E-state index in [2.05, 4.69) is 5.32 Å². The summed E-state index contributed by atoms with van der Waals surface area (Å²) in [7, 11) is 1.56. The zero-order valence-electron chi connectivity index (χ0n) is 19.6.